The summed E-state index contributed by atoms with van der Waals surface area (Å²) < 4.78 is 8.66. The smallest absolute Gasteiger partial charge is 0.383 e. The number of nitrogens with zero attached hydrogens (tertiary/aromatic N) is 2. The summed E-state index contributed by atoms with van der Waals surface area (Å²) >= 11 is 1.59. The van der Waals surface area contributed by atoms with E-state index in [-0.39, 0.29) is 12.5 Å². The lowest BCUT2D eigenvalue weighted by atomic mass is 10.0. The van der Waals surface area contributed by atoms with E-state index in [0.29, 0.717) is 6.61 Å². The molecule has 0 saturated carbocycles. The Kier molecular flexibility index (Phi) is 14.0. The monoisotopic (exact) mass is 521 g/mol. The predicted molar refractivity (Wildman–Crippen MR) is 157 cm³/mol. The molecule has 1 heterocycles. The number of fused-ring (bicyclic) bond motifs is 1. The zero-order valence-corrected chi connectivity index (χ0v) is 23.5. The molecule has 0 radical (unpaired) electrons. The van der Waals surface area contributed by atoms with Crippen molar-refractivity contribution < 1.29 is 14.1 Å². The summed E-state index contributed by atoms with van der Waals surface area (Å²) in [6, 6.07) is 18.1. The highest BCUT2D eigenvalue weighted by atomic mass is 32.1. The molecule has 0 N–H and O–H groups in total. The fourth-order valence-corrected chi connectivity index (χ4v) is 5.60. The quantitative estimate of drug-likeness (QED) is 0.0683. The normalized spacial score (nSPS) is 11.5. The Hall–Kier alpha value is -2.53. The molecule has 0 atom stereocenters. The molecule has 3 rings (SSSR count). The molecule has 1 aromatic heterocycles. The van der Waals surface area contributed by atoms with Crippen molar-refractivity contribution in [3.8, 4) is 0 Å². The Bertz CT molecular complexity index is 1060. The lowest BCUT2D eigenvalue weighted by Gasteiger charge is -2.05. The molecule has 2 aromatic carbocycles. The molecule has 5 heteroatoms. The lowest BCUT2D eigenvalue weighted by molar-refractivity contribution is -0.643. The van der Waals surface area contributed by atoms with Crippen molar-refractivity contribution in [2.75, 3.05) is 6.61 Å². The van der Waals surface area contributed by atoms with Gasteiger partial charge in [-0.25, -0.2) is 9.36 Å². The van der Waals surface area contributed by atoms with E-state index in [0.717, 1.165) is 33.8 Å². The number of para-hydroxylation sites is 1. The third-order valence-electron chi connectivity index (χ3n) is 6.76. The Morgan fingerprint density at radius 3 is 2.00 bits per heavy atom. The number of carbonyl (C=O) groups is 1. The van der Waals surface area contributed by atoms with Gasteiger partial charge < -0.3 is 4.74 Å². The molecule has 0 aliphatic heterocycles. The van der Waals surface area contributed by atoms with Gasteiger partial charge in [-0.05, 0) is 34.9 Å². The highest BCUT2D eigenvalue weighted by Crippen LogP contribution is 2.26. The van der Waals surface area contributed by atoms with Crippen LogP contribution in [0.4, 0.5) is 5.13 Å². The fourth-order valence-electron chi connectivity index (χ4n) is 4.60. The Balaban J connectivity index is 1.30. The average Bonchev–Trinajstić information content (AvgIpc) is 3.27. The number of aliphatic imine (C=N–C) groups is 1. The molecular weight excluding hydrogens is 476 g/mol. The van der Waals surface area contributed by atoms with Gasteiger partial charge >= 0.3 is 11.1 Å². The topological polar surface area (TPSA) is 42.5 Å². The Labute approximate surface area is 227 Å². The first-order valence-corrected chi connectivity index (χ1v) is 15.3. The van der Waals surface area contributed by atoms with Gasteiger partial charge in [-0.1, -0.05) is 133 Å². The summed E-state index contributed by atoms with van der Waals surface area (Å²) in [5.74, 6) is -0.195. The molecule has 0 aliphatic carbocycles. The van der Waals surface area contributed by atoms with Gasteiger partial charge in [0.2, 0.25) is 0 Å². The zero-order valence-electron chi connectivity index (χ0n) is 22.7. The zero-order chi connectivity index (χ0) is 26.0. The molecule has 200 valence electrons. The highest BCUT2D eigenvalue weighted by molar-refractivity contribution is 7.21. The van der Waals surface area contributed by atoms with E-state index in [2.05, 4.69) is 13.0 Å². The van der Waals surface area contributed by atoms with E-state index in [1.165, 1.54) is 77.0 Å². The van der Waals surface area contributed by atoms with E-state index >= 15 is 0 Å². The molecule has 0 unspecified atom stereocenters. The number of hydrogen-bond acceptors (Lipinski definition) is 4. The minimum atomic E-state index is -0.195. The second-order valence-corrected chi connectivity index (χ2v) is 10.9. The van der Waals surface area contributed by atoms with Gasteiger partial charge in [0.1, 0.15) is 11.7 Å². The number of carbonyl (C=O) groups excluding carboxylic acids is 1. The molecule has 0 bridgehead atoms. The molecule has 0 aliphatic rings. The highest BCUT2D eigenvalue weighted by Gasteiger charge is 2.21. The molecule has 0 spiro atoms. The molecule has 0 saturated heterocycles. The number of unbranched alkanes of at least 4 members (excludes halogenated alkanes) is 13. The maximum absolute atomic E-state index is 12.6. The molecule has 0 amide bonds. The van der Waals surface area contributed by atoms with Crippen LogP contribution < -0.4 is 4.57 Å². The molecule has 4 nitrogen and oxygen atoms in total. The second kappa shape index (κ2) is 17.8. The van der Waals surface area contributed by atoms with Gasteiger partial charge in [-0.3, -0.25) is 0 Å². The van der Waals surface area contributed by atoms with Gasteiger partial charge in [0.25, 0.3) is 0 Å². The number of hydrogen-bond donors (Lipinski definition) is 0. The van der Waals surface area contributed by atoms with E-state index < -0.39 is 0 Å². The SMILES string of the molecule is CCCCCCCCCCCCCCCCOC(=O)C[n+]1c(N=Cc2ccccc2)sc2ccccc21. The van der Waals surface area contributed by atoms with E-state index in [1.807, 2.05) is 59.3 Å². The van der Waals surface area contributed by atoms with Gasteiger partial charge in [-0.15, -0.1) is 0 Å². The molecule has 37 heavy (non-hydrogen) atoms. The van der Waals surface area contributed by atoms with Crippen molar-refractivity contribution in [3.63, 3.8) is 0 Å². The van der Waals surface area contributed by atoms with Crippen molar-refractivity contribution in [2.45, 2.75) is 103 Å². The van der Waals surface area contributed by atoms with Crippen molar-refractivity contribution in [3.05, 3.63) is 60.2 Å². The van der Waals surface area contributed by atoms with Crippen molar-refractivity contribution in [2.24, 2.45) is 4.99 Å². The van der Waals surface area contributed by atoms with Crippen LogP contribution >= 0.6 is 11.3 Å². The van der Waals surface area contributed by atoms with Gasteiger partial charge in [0, 0.05) is 5.56 Å². The number of thiazole rings is 1. The third-order valence-corrected chi connectivity index (χ3v) is 7.83. The molecule has 3 aromatic rings. The number of rotatable bonds is 19. The Morgan fingerprint density at radius 1 is 0.784 bits per heavy atom. The number of esters is 1. The second-order valence-electron chi connectivity index (χ2n) is 9.92. The van der Waals surface area contributed by atoms with Gasteiger partial charge in [0.05, 0.1) is 11.3 Å². The van der Waals surface area contributed by atoms with Crippen molar-refractivity contribution >= 4 is 38.9 Å². The third kappa shape index (κ3) is 11.2. The van der Waals surface area contributed by atoms with Crippen LogP contribution in [0.5, 0.6) is 0 Å². The average molecular weight is 522 g/mol. The fraction of sp³-hybridized carbons (Fsp3) is 0.531. The summed E-state index contributed by atoms with van der Waals surface area (Å²) in [6.45, 7) is 2.96. The summed E-state index contributed by atoms with van der Waals surface area (Å²) in [5, 5.41) is 0.804. The molecular formula is C32H45N2O2S+. The van der Waals surface area contributed by atoms with Gasteiger partial charge in [0.15, 0.2) is 6.54 Å². The summed E-state index contributed by atoms with van der Waals surface area (Å²) in [6.07, 6.45) is 20.3. The first-order chi connectivity index (χ1) is 18.3. The van der Waals surface area contributed by atoms with Crippen LogP contribution in [0.25, 0.3) is 10.2 Å². The van der Waals surface area contributed by atoms with Crippen LogP contribution in [0.2, 0.25) is 0 Å². The summed E-state index contributed by atoms with van der Waals surface area (Å²) in [4.78, 5) is 17.3. The van der Waals surface area contributed by atoms with Crippen LogP contribution in [-0.2, 0) is 16.1 Å². The number of benzene rings is 2. The number of aromatic nitrogens is 1. The maximum atomic E-state index is 12.6. The number of ether oxygens (including phenoxy) is 1. The maximum Gasteiger partial charge on any atom is 0.383 e. The Morgan fingerprint density at radius 2 is 1.35 bits per heavy atom. The van der Waals surface area contributed by atoms with Crippen LogP contribution in [0.15, 0.2) is 59.6 Å². The van der Waals surface area contributed by atoms with Crippen LogP contribution in [0.1, 0.15) is 102 Å². The summed E-state index contributed by atoms with van der Waals surface area (Å²) in [5.41, 5.74) is 2.05. The summed E-state index contributed by atoms with van der Waals surface area (Å²) in [7, 11) is 0. The predicted octanol–water partition coefficient (Wildman–Crippen LogP) is 8.96. The van der Waals surface area contributed by atoms with E-state index in [1.54, 1.807) is 11.3 Å². The molecule has 0 fully saturated rings. The minimum Gasteiger partial charge on any atom is -0.463 e. The van der Waals surface area contributed by atoms with E-state index in [4.69, 9.17) is 9.73 Å². The lowest BCUT2D eigenvalue weighted by Crippen LogP contribution is -2.37. The van der Waals surface area contributed by atoms with Gasteiger partial charge in [-0.2, -0.15) is 0 Å². The minimum absolute atomic E-state index is 0.185. The standard InChI is InChI=1S/C32H45N2O2S/c1-2-3-4-5-6-7-8-9-10-11-12-13-14-20-25-36-31(35)27-34-29-23-18-19-24-30(29)37-32(34)33-26-28-21-16-15-17-22-28/h15-19,21-24,26H,2-14,20,25,27H2,1H3/q+1. The van der Waals surface area contributed by atoms with Crippen LogP contribution in [-0.4, -0.2) is 18.8 Å². The largest absolute Gasteiger partial charge is 0.463 e. The van der Waals surface area contributed by atoms with Crippen LogP contribution in [0.3, 0.4) is 0 Å². The van der Waals surface area contributed by atoms with Crippen molar-refractivity contribution in [1.29, 1.82) is 0 Å². The van der Waals surface area contributed by atoms with Crippen LogP contribution in [0, 0.1) is 0 Å². The van der Waals surface area contributed by atoms with Crippen molar-refractivity contribution in [1.82, 2.24) is 0 Å². The first kappa shape index (κ1) is 29.0. The van der Waals surface area contributed by atoms with E-state index in [9.17, 15) is 4.79 Å². The first-order valence-electron chi connectivity index (χ1n) is 14.4.